The minimum atomic E-state index is -0.566. The summed E-state index contributed by atoms with van der Waals surface area (Å²) in [5.74, 6) is -0.483. The highest BCUT2D eigenvalue weighted by Gasteiger charge is 2.23. The maximum Gasteiger partial charge on any atom is 0.305 e. The van der Waals surface area contributed by atoms with E-state index in [9.17, 15) is 14.9 Å². The van der Waals surface area contributed by atoms with Crippen molar-refractivity contribution in [1.82, 2.24) is 5.32 Å². The molecule has 0 saturated heterocycles. The summed E-state index contributed by atoms with van der Waals surface area (Å²) in [5, 5.41) is 16.3. The Bertz CT molecular complexity index is 462. The molecule has 104 valence electrons. The van der Waals surface area contributed by atoms with Crippen LogP contribution >= 0.6 is 0 Å². The predicted octanol–water partition coefficient (Wildman–Crippen LogP) is 1.40. The van der Waals surface area contributed by atoms with Gasteiger partial charge in [-0.25, -0.2) is 0 Å². The fraction of sp³-hybridized carbons (Fsp3) is 0.417. The Labute approximate surface area is 111 Å². The highest BCUT2D eigenvalue weighted by atomic mass is 16.6. The van der Waals surface area contributed by atoms with Crippen molar-refractivity contribution in [3.05, 3.63) is 33.9 Å². The van der Waals surface area contributed by atoms with E-state index in [2.05, 4.69) is 10.6 Å². The lowest BCUT2D eigenvalue weighted by Gasteiger charge is -2.08. The number of nitrogens with zero attached hydrogens (tertiary/aromatic N) is 1. The van der Waals surface area contributed by atoms with Gasteiger partial charge in [-0.15, -0.1) is 0 Å². The van der Waals surface area contributed by atoms with Gasteiger partial charge in [0.15, 0.2) is 0 Å². The lowest BCUT2D eigenvalue weighted by atomic mass is 10.1. The van der Waals surface area contributed by atoms with Crippen molar-refractivity contribution in [2.24, 2.45) is 0 Å². The van der Waals surface area contributed by atoms with Crippen molar-refractivity contribution in [2.75, 3.05) is 32.1 Å². The Morgan fingerprint density at radius 2 is 2.21 bits per heavy atom. The molecule has 7 heteroatoms. The summed E-state index contributed by atoms with van der Waals surface area (Å²) in [4.78, 5) is 22.4. The summed E-state index contributed by atoms with van der Waals surface area (Å²) in [6, 6.07) is 4.57. The average Bonchev–Trinajstić information content (AvgIpc) is 2.42. The molecule has 0 heterocycles. The molecule has 0 aliphatic rings. The van der Waals surface area contributed by atoms with Crippen LogP contribution in [0.3, 0.4) is 0 Å². The van der Waals surface area contributed by atoms with Crippen molar-refractivity contribution in [3.8, 4) is 0 Å². The molecule has 1 aromatic carbocycles. The normalized spacial score (nSPS) is 10.0. The zero-order valence-corrected chi connectivity index (χ0v) is 10.9. The number of carbonyl (C=O) groups is 1. The van der Waals surface area contributed by atoms with E-state index < -0.39 is 10.8 Å². The molecule has 1 aromatic rings. The fourth-order valence-electron chi connectivity index (χ4n) is 1.60. The van der Waals surface area contributed by atoms with Crippen LogP contribution in [-0.2, 0) is 4.74 Å². The van der Waals surface area contributed by atoms with Crippen molar-refractivity contribution < 1.29 is 14.5 Å². The molecule has 0 fully saturated rings. The van der Waals surface area contributed by atoms with E-state index >= 15 is 0 Å². The third-order valence-corrected chi connectivity index (χ3v) is 2.47. The maximum atomic E-state index is 11.9. The largest absolute Gasteiger partial charge is 0.383 e. The predicted molar refractivity (Wildman–Crippen MR) is 71.5 cm³/mol. The Hall–Kier alpha value is -2.15. The van der Waals surface area contributed by atoms with Gasteiger partial charge in [-0.05, 0) is 19.1 Å². The van der Waals surface area contributed by atoms with Crippen LogP contribution in [0.4, 0.5) is 11.4 Å². The molecule has 0 saturated carbocycles. The van der Waals surface area contributed by atoms with Crippen molar-refractivity contribution >= 4 is 17.3 Å². The van der Waals surface area contributed by atoms with Crippen molar-refractivity contribution in [1.29, 1.82) is 0 Å². The van der Waals surface area contributed by atoms with E-state index in [1.54, 1.807) is 19.2 Å². The number of nitro benzene ring substituents is 1. The summed E-state index contributed by atoms with van der Waals surface area (Å²) in [7, 11) is 1.57. The number of anilines is 1. The van der Waals surface area contributed by atoms with Crippen LogP contribution in [0.5, 0.6) is 0 Å². The summed E-state index contributed by atoms with van der Waals surface area (Å²) in [5.41, 5.74) is 0.120. The molecule has 0 aromatic heterocycles. The molecule has 1 rings (SSSR count). The van der Waals surface area contributed by atoms with Crippen LogP contribution < -0.4 is 10.6 Å². The summed E-state index contributed by atoms with van der Waals surface area (Å²) < 4.78 is 5.08. The summed E-state index contributed by atoms with van der Waals surface area (Å²) in [6.45, 7) is 3.10. The smallest absolute Gasteiger partial charge is 0.305 e. The molecule has 0 unspecified atom stereocenters. The fourth-order valence-corrected chi connectivity index (χ4v) is 1.60. The molecule has 0 atom stereocenters. The lowest BCUT2D eigenvalue weighted by molar-refractivity contribution is -0.384. The van der Waals surface area contributed by atoms with Gasteiger partial charge < -0.3 is 15.4 Å². The van der Waals surface area contributed by atoms with Crippen LogP contribution in [0.1, 0.15) is 17.3 Å². The zero-order chi connectivity index (χ0) is 14.3. The highest BCUT2D eigenvalue weighted by Crippen LogP contribution is 2.27. The third-order valence-electron chi connectivity index (χ3n) is 2.47. The molecule has 19 heavy (non-hydrogen) atoms. The molecular formula is C12H17N3O4. The third kappa shape index (κ3) is 3.92. The first-order valence-electron chi connectivity index (χ1n) is 5.92. The highest BCUT2D eigenvalue weighted by molar-refractivity contribution is 6.00. The number of rotatable bonds is 7. The minimum Gasteiger partial charge on any atom is -0.383 e. The number of para-hydroxylation sites is 1. The Kier molecular flexibility index (Phi) is 5.74. The van der Waals surface area contributed by atoms with Gasteiger partial charge >= 0.3 is 5.69 Å². The first-order chi connectivity index (χ1) is 9.11. The number of hydrogen-bond acceptors (Lipinski definition) is 5. The van der Waals surface area contributed by atoms with E-state index in [0.29, 0.717) is 25.4 Å². The molecule has 7 nitrogen and oxygen atoms in total. The van der Waals surface area contributed by atoms with Crippen LogP contribution in [0, 0.1) is 10.1 Å². The number of ether oxygens (including phenoxy) is 1. The molecule has 0 bridgehead atoms. The quantitative estimate of drug-likeness (QED) is 0.442. The van der Waals surface area contributed by atoms with Crippen LogP contribution in [0.25, 0.3) is 0 Å². The number of hydrogen-bond donors (Lipinski definition) is 2. The first kappa shape index (κ1) is 14.9. The molecule has 1 amide bonds. The topological polar surface area (TPSA) is 93.5 Å². The van der Waals surface area contributed by atoms with Gasteiger partial charge in [-0.2, -0.15) is 0 Å². The SMILES string of the molecule is CCOCCNC(=O)c1cccc(NC)c1[N+](=O)[O-]. The van der Waals surface area contributed by atoms with E-state index in [1.807, 2.05) is 6.92 Å². The van der Waals surface area contributed by atoms with Gasteiger partial charge in [0.2, 0.25) is 0 Å². The standard InChI is InChI=1S/C12H17N3O4/c1-3-19-8-7-14-12(16)9-5-4-6-10(13-2)11(9)15(17)18/h4-6,13H,3,7-8H2,1-2H3,(H,14,16). The molecule has 0 radical (unpaired) electrons. The second kappa shape index (κ2) is 7.32. The Morgan fingerprint density at radius 1 is 1.47 bits per heavy atom. The average molecular weight is 267 g/mol. The summed E-state index contributed by atoms with van der Waals surface area (Å²) in [6.07, 6.45) is 0. The lowest BCUT2D eigenvalue weighted by Crippen LogP contribution is -2.28. The maximum absolute atomic E-state index is 11.9. The van der Waals surface area contributed by atoms with Gasteiger partial charge in [0, 0.05) is 20.2 Å². The Morgan fingerprint density at radius 3 is 2.79 bits per heavy atom. The van der Waals surface area contributed by atoms with E-state index in [4.69, 9.17) is 4.74 Å². The molecule has 2 N–H and O–H groups in total. The van der Waals surface area contributed by atoms with E-state index in [-0.39, 0.29) is 11.3 Å². The minimum absolute atomic E-state index is 0.0355. The van der Waals surface area contributed by atoms with Gasteiger partial charge in [0.25, 0.3) is 5.91 Å². The molecular weight excluding hydrogens is 250 g/mol. The van der Waals surface area contributed by atoms with Crippen LogP contribution in [0.2, 0.25) is 0 Å². The monoisotopic (exact) mass is 267 g/mol. The first-order valence-corrected chi connectivity index (χ1v) is 5.92. The van der Waals surface area contributed by atoms with Crippen LogP contribution in [-0.4, -0.2) is 37.6 Å². The molecule has 0 aliphatic carbocycles. The molecule has 0 spiro atoms. The number of benzene rings is 1. The molecule has 0 aliphatic heterocycles. The van der Waals surface area contributed by atoms with Gasteiger partial charge in [-0.1, -0.05) is 6.07 Å². The van der Waals surface area contributed by atoms with Gasteiger partial charge in [-0.3, -0.25) is 14.9 Å². The van der Waals surface area contributed by atoms with Crippen molar-refractivity contribution in [2.45, 2.75) is 6.92 Å². The van der Waals surface area contributed by atoms with E-state index in [0.717, 1.165) is 0 Å². The summed E-state index contributed by atoms with van der Waals surface area (Å²) >= 11 is 0. The van der Waals surface area contributed by atoms with Crippen molar-refractivity contribution in [3.63, 3.8) is 0 Å². The van der Waals surface area contributed by atoms with E-state index in [1.165, 1.54) is 6.07 Å². The second-order valence-corrected chi connectivity index (χ2v) is 3.66. The number of nitrogens with one attached hydrogen (secondary N) is 2. The van der Waals surface area contributed by atoms with Crippen LogP contribution in [0.15, 0.2) is 18.2 Å². The number of carbonyl (C=O) groups excluding carboxylic acids is 1. The Balaban J connectivity index is 2.87. The van der Waals surface area contributed by atoms with Gasteiger partial charge in [0.05, 0.1) is 11.5 Å². The van der Waals surface area contributed by atoms with Gasteiger partial charge in [0.1, 0.15) is 11.3 Å². The number of nitro groups is 1. The second-order valence-electron chi connectivity index (χ2n) is 3.66. The number of amides is 1. The zero-order valence-electron chi connectivity index (χ0n) is 10.9.